The number of hydrogen-bond donors (Lipinski definition) is 1. The summed E-state index contributed by atoms with van der Waals surface area (Å²) in [5.74, 6) is 1.14. The van der Waals surface area contributed by atoms with Gasteiger partial charge in [0.05, 0.1) is 6.54 Å². The number of nitrogens with one attached hydrogen (secondary N) is 1. The van der Waals surface area contributed by atoms with Gasteiger partial charge >= 0.3 is 0 Å². The van der Waals surface area contributed by atoms with Gasteiger partial charge in [-0.3, -0.25) is 4.79 Å². The van der Waals surface area contributed by atoms with E-state index < -0.39 is 0 Å². The summed E-state index contributed by atoms with van der Waals surface area (Å²) in [5, 5.41) is 11.2. The number of benzene rings is 1. The van der Waals surface area contributed by atoms with E-state index in [9.17, 15) is 4.79 Å². The lowest BCUT2D eigenvalue weighted by atomic mass is 9.71. The third-order valence-corrected chi connectivity index (χ3v) is 5.48. The molecular formula is C21H25N5O2. The molecule has 28 heavy (non-hydrogen) atoms. The molecule has 1 aliphatic rings. The third kappa shape index (κ3) is 3.83. The summed E-state index contributed by atoms with van der Waals surface area (Å²) < 4.78 is 7.21. The van der Waals surface area contributed by atoms with Gasteiger partial charge in [0.1, 0.15) is 18.4 Å². The fourth-order valence-electron chi connectivity index (χ4n) is 3.76. The van der Waals surface area contributed by atoms with Crippen molar-refractivity contribution < 1.29 is 9.32 Å². The number of aryl methyl sites for hydroxylation is 1. The van der Waals surface area contributed by atoms with Crippen molar-refractivity contribution >= 4 is 11.6 Å². The van der Waals surface area contributed by atoms with Crippen LogP contribution in [0.2, 0.25) is 0 Å². The maximum atomic E-state index is 12.9. The largest absolute Gasteiger partial charge is 0.360 e. The Morgan fingerprint density at radius 1 is 1.36 bits per heavy atom. The molecule has 0 unspecified atom stereocenters. The van der Waals surface area contributed by atoms with Crippen LogP contribution in [0.4, 0.5) is 5.69 Å². The van der Waals surface area contributed by atoms with Gasteiger partial charge in [0.15, 0.2) is 5.69 Å². The van der Waals surface area contributed by atoms with Crippen LogP contribution in [-0.4, -0.2) is 25.8 Å². The highest BCUT2D eigenvalue weighted by Crippen LogP contribution is 2.38. The Hall–Kier alpha value is -2.96. The van der Waals surface area contributed by atoms with E-state index in [4.69, 9.17) is 4.52 Å². The monoisotopic (exact) mass is 379 g/mol. The predicted molar refractivity (Wildman–Crippen MR) is 105 cm³/mol. The van der Waals surface area contributed by atoms with Gasteiger partial charge in [0, 0.05) is 17.7 Å². The van der Waals surface area contributed by atoms with Gasteiger partial charge in [-0.05, 0) is 41.9 Å². The second-order valence-corrected chi connectivity index (χ2v) is 8.49. The number of amides is 1. The van der Waals surface area contributed by atoms with E-state index in [2.05, 4.69) is 41.3 Å². The third-order valence-electron chi connectivity index (χ3n) is 5.48. The molecule has 4 rings (SSSR count). The van der Waals surface area contributed by atoms with Crippen molar-refractivity contribution in [1.29, 1.82) is 0 Å². The van der Waals surface area contributed by atoms with Crippen LogP contribution in [0.5, 0.6) is 0 Å². The Labute approximate surface area is 164 Å². The summed E-state index contributed by atoms with van der Waals surface area (Å²) in [6, 6.07) is 7.70. The minimum atomic E-state index is -0.225. The summed E-state index contributed by atoms with van der Waals surface area (Å²) in [6.07, 6.45) is 5.90. The molecule has 3 aromatic rings. The van der Waals surface area contributed by atoms with Crippen molar-refractivity contribution in [2.75, 3.05) is 5.32 Å². The van der Waals surface area contributed by atoms with Crippen molar-refractivity contribution in [3.63, 3.8) is 0 Å². The smallest absolute Gasteiger partial charge is 0.278 e. The number of aromatic nitrogens is 4. The number of carbonyl (C=O) groups is 1. The average Bonchev–Trinajstić information content (AvgIpc) is 3.30. The number of carbonyl (C=O) groups excluding carboxylic acids is 1. The molecule has 1 aliphatic carbocycles. The molecule has 1 atom stereocenters. The lowest BCUT2D eigenvalue weighted by Gasteiger charge is -2.33. The van der Waals surface area contributed by atoms with E-state index in [1.54, 1.807) is 11.0 Å². The quantitative estimate of drug-likeness (QED) is 0.747. The van der Waals surface area contributed by atoms with Crippen molar-refractivity contribution in [1.82, 2.24) is 19.9 Å². The molecule has 0 saturated heterocycles. The zero-order chi connectivity index (χ0) is 19.7. The maximum absolute atomic E-state index is 12.9. The zero-order valence-corrected chi connectivity index (χ0v) is 16.5. The van der Waals surface area contributed by atoms with Gasteiger partial charge in [0.2, 0.25) is 0 Å². The second kappa shape index (κ2) is 7.22. The predicted octanol–water partition coefficient (Wildman–Crippen LogP) is 3.72. The summed E-state index contributed by atoms with van der Waals surface area (Å²) in [5.41, 5.74) is 3.31. The lowest BCUT2D eigenvalue weighted by Crippen LogP contribution is -2.27. The molecule has 0 aliphatic heterocycles. The Morgan fingerprint density at radius 2 is 2.21 bits per heavy atom. The molecule has 0 spiro atoms. The first kappa shape index (κ1) is 18.4. The minimum Gasteiger partial charge on any atom is -0.360 e. The average molecular weight is 379 g/mol. The normalized spacial score (nSPS) is 16.6. The van der Waals surface area contributed by atoms with Gasteiger partial charge in [-0.1, -0.05) is 38.1 Å². The van der Waals surface area contributed by atoms with Crippen LogP contribution < -0.4 is 5.32 Å². The van der Waals surface area contributed by atoms with Crippen LogP contribution >= 0.6 is 0 Å². The van der Waals surface area contributed by atoms with Crippen molar-refractivity contribution in [3.8, 4) is 0 Å². The standard InChI is InChI=1S/C21H25N5O2/c1-21(2,3)15-7-8-18-17(10-15)19(25-28-18)20(27)24-16-6-4-5-14(9-16)11-26-13-22-12-23-26/h4-6,9,12-13,15H,7-8,10-11H2,1-3H3,(H,24,27)/t15-/m0/s1. The number of hydrogen-bond acceptors (Lipinski definition) is 5. The Bertz CT molecular complexity index is 969. The van der Waals surface area contributed by atoms with Crippen molar-refractivity contribution in [3.05, 3.63) is 59.5 Å². The SMILES string of the molecule is CC(C)(C)[C@H]1CCc2onc(C(=O)Nc3cccc(Cn4cncn4)c3)c2C1. The molecule has 0 fully saturated rings. The van der Waals surface area contributed by atoms with E-state index in [1.807, 2.05) is 24.3 Å². The van der Waals surface area contributed by atoms with Gasteiger partial charge in [0.25, 0.3) is 5.91 Å². The van der Waals surface area contributed by atoms with E-state index in [-0.39, 0.29) is 11.3 Å². The molecule has 1 aromatic carbocycles. The van der Waals surface area contributed by atoms with Gasteiger partial charge in [-0.25, -0.2) is 9.67 Å². The van der Waals surface area contributed by atoms with E-state index in [0.29, 0.717) is 18.2 Å². The second-order valence-electron chi connectivity index (χ2n) is 8.49. The summed E-state index contributed by atoms with van der Waals surface area (Å²) in [4.78, 5) is 16.8. The highest BCUT2D eigenvalue weighted by Gasteiger charge is 2.34. The summed E-state index contributed by atoms with van der Waals surface area (Å²) in [7, 11) is 0. The number of nitrogens with zero attached hydrogens (tertiary/aromatic N) is 4. The molecule has 0 radical (unpaired) electrons. The molecule has 2 heterocycles. The van der Waals surface area contributed by atoms with Crippen molar-refractivity contribution in [2.45, 2.75) is 46.6 Å². The lowest BCUT2D eigenvalue weighted by molar-refractivity contribution is 0.101. The first-order chi connectivity index (χ1) is 13.4. The fraction of sp³-hybridized carbons (Fsp3) is 0.429. The zero-order valence-electron chi connectivity index (χ0n) is 16.5. The first-order valence-electron chi connectivity index (χ1n) is 9.60. The highest BCUT2D eigenvalue weighted by atomic mass is 16.5. The molecular weight excluding hydrogens is 354 g/mol. The number of anilines is 1. The number of rotatable bonds is 4. The van der Waals surface area contributed by atoms with Gasteiger partial charge in [-0.2, -0.15) is 5.10 Å². The highest BCUT2D eigenvalue weighted by molar-refractivity contribution is 6.04. The van der Waals surface area contributed by atoms with Gasteiger partial charge in [-0.15, -0.1) is 0 Å². The summed E-state index contributed by atoms with van der Waals surface area (Å²) in [6.45, 7) is 7.33. The maximum Gasteiger partial charge on any atom is 0.278 e. The molecule has 146 valence electrons. The van der Waals surface area contributed by atoms with Gasteiger partial charge < -0.3 is 9.84 Å². The molecule has 1 amide bonds. The molecule has 7 heteroatoms. The van der Waals surface area contributed by atoms with Crippen LogP contribution in [0.25, 0.3) is 0 Å². The summed E-state index contributed by atoms with van der Waals surface area (Å²) >= 11 is 0. The molecule has 2 aromatic heterocycles. The first-order valence-corrected chi connectivity index (χ1v) is 9.60. The topological polar surface area (TPSA) is 85.8 Å². The van der Waals surface area contributed by atoms with Crippen LogP contribution in [-0.2, 0) is 19.4 Å². The fourth-order valence-corrected chi connectivity index (χ4v) is 3.76. The van der Waals surface area contributed by atoms with E-state index >= 15 is 0 Å². The minimum absolute atomic E-state index is 0.193. The number of fused-ring (bicyclic) bond motifs is 1. The van der Waals surface area contributed by atoms with E-state index in [1.165, 1.54) is 6.33 Å². The molecule has 0 bridgehead atoms. The van der Waals surface area contributed by atoms with Crippen molar-refractivity contribution in [2.24, 2.45) is 11.3 Å². The van der Waals surface area contributed by atoms with Crippen LogP contribution in [0.3, 0.4) is 0 Å². The van der Waals surface area contributed by atoms with Crippen LogP contribution in [0.1, 0.15) is 54.6 Å². The van der Waals surface area contributed by atoms with Crippen LogP contribution in [0.15, 0.2) is 41.4 Å². The Balaban J connectivity index is 1.50. The van der Waals surface area contributed by atoms with E-state index in [0.717, 1.165) is 41.8 Å². The Morgan fingerprint density at radius 3 is 2.96 bits per heavy atom. The molecule has 7 nitrogen and oxygen atoms in total. The Kier molecular flexibility index (Phi) is 4.75. The van der Waals surface area contributed by atoms with Crippen LogP contribution in [0, 0.1) is 11.3 Å². The molecule has 0 saturated carbocycles. The molecule has 1 N–H and O–H groups in total.